The van der Waals surface area contributed by atoms with E-state index in [2.05, 4.69) is 5.32 Å². The van der Waals surface area contributed by atoms with Crippen LogP contribution in [-0.4, -0.2) is 18.5 Å². The van der Waals surface area contributed by atoms with Gasteiger partial charge in [0.2, 0.25) is 5.91 Å². The predicted molar refractivity (Wildman–Crippen MR) is 70.8 cm³/mol. The third kappa shape index (κ3) is 4.04. The number of rotatable bonds is 4. The lowest BCUT2D eigenvalue weighted by Gasteiger charge is -2.11. The second kappa shape index (κ2) is 6.40. The molecule has 1 aromatic carbocycles. The summed E-state index contributed by atoms with van der Waals surface area (Å²) in [7, 11) is 0. The fraction of sp³-hybridized carbons (Fsp3) is 0.385. The minimum absolute atomic E-state index is 0.260. The van der Waals surface area contributed by atoms with Gasteiger partial charge in [-0.15, -0.1) is 0 Å². The molecule has 0 radical (unpaired) electrons. The number of amides is 1. The molecular formula is C13H16ClNO3. The van der Waals surface area contributed by atoms with Crippen LogP contribution in [0, 0.1) is 13.8 Å². The molecule has 0 aliphatic rings. The Balaban J connectivity index is 2.73. The molecule has 0 saturated carbocycles. The summed E-state index contributed by atoms with van der Waals surface area (Å²) < 4.78 is 4.70. The van der Waals surface area contributed by atoms with Gasteiger partial charge in [-0.05, 0) is 38.0 Å². The Morgan fingerprint density at radius 3 is 2.56 bits per heavy atom. The Hall–Kier alpha value is -1.55. The average Bonchev–Trinajstić information content (AvgIpc) is 2.23. The van der Waals surface area contributed by atoms with Gasteiger partial charge in [0.15, 0.2) is 0 Å². The first kappa shape index (κ1) is 14.5. The molecule has 0 heterocycles. The number of carbonyl (C=O) groups is 2. The largest absolute Gasteiger partial charge is 0.466 e. The maximum absolute atomic E-state index is 11.6. The van der Waals surface area contributed by atoms with Crippen molar-refractivity contribution >= 4 is 29.2 Å². The van der Waals surface area contributed by atoms with Crippen LogP contribution in [0.15, 0.2) is 12.1 Å². The van der Waals surface area contributed by atoms with Crippen LogP contribution in [-0.2, 0) is 14.3 Å². The molecule has 18 heavy (non-hydrogen) atoms. The first-order chi connectivity index (χ1) is 8.43. The Morgan fingerprint density at radius 1 is 1.33 bits per heavy atom. The zero-order chi connectivity index (χ0) is 13.7. The van der Waals surface area contributed by atoms with Gasteiger partial charge in [-0.3, -0.25) is 9.59 Å². The van der Waals surface area contributed by atoms with Crippen molar-refractivity contribution < 1.29 is 14.3 Å². The van der Waals surface area contributed by atoms with Crippen molar-refractivity contribution in [1.82, 2.24) is 0 Å². The second-order valence-electron chi connectivity index (χ2n) is 3.97. The Labute approximate surface area is 111 Å². The summed E-state index contributed by atoms with van der Waals surface area (Å²) in [5, 5.41) is 3.09. The van der Waals surface area contributed by atoms with Crippen LogP contribution in [0.5, 0.6) is 0 Å². The van der Waals surface area contributed by atoms with E-state index in [-0.39, 0.29) is 13.0 Å². The summed E-state index contributed by atoms with van der Waals surface area (Å²) in [6.45, 7) is 5.72. The van der Waals surface area contributed by atoms with Crippen molar-refractivity contribution in [2.24, 2.45) is 0 Å². The number of benzene rings is 1. The van der Waals surface area contributed by atoms with Gasteiger partial charge in [-0.1, -0.05) is 17.7 Å². The van der Waals surface area contributed by atoms with Crippen LogP contribution in [0.25, 0.3) is 0 Å². The van der Waals surface area contributed by atoms with E-state index in [1.165, 1.54) is 0 Å². The molecule has 0 atom stereocenters. The van der Waals surface area contributed by atoms with E-state index in [1.54, 1.807) is 13.0 Å². The van der Waals surface area contributed by atoms with Crippen LogP contribution >= 0.6 is 11.6 Å². The lowest BCUT2D eigenvalue weighted by molar-refractivity contribution is -0.145. The highest BCUT2D eigenvalue weighted by molar-refractivity contribution is 6.34. The zero-order valence-electron chi connectivity index (χ0n) is 10.7. The fourth-order valence-electron chi connectivity index (χ4n) is 1.60. The molecular weight excluding hydrogens is 254 g/mol. The number of carbonyl (C=O) groups excluding carboxylic acids is 2. The van der Waals surface area contributed by atoms with Gasteiger partial charge in [-0.25, -0.2) is 0 Å². The summed E-state index contributed by atoms with van der Waals surface area (Å²) in [6, 6.07) is 3.67. The Bertz CT molecular complexity index is 448. The Morgan fingerprint density at radius 2 is 2.00 bits per heavy atom. The quantitative estimate of drug-likeness (QED) is 0.675. The maximum Gasteiger partial charge on any atom is 0.315 e. The van der Waals surface area contributed by atoms with Crippen LogP contribution in [0.4, 0.5) is 5.69 Å². The van der Waals surface area contributed by atoms with Crippen LogP contribution < -0.4 is 5.32 Å². The van der Waals surface area contributed by atoms with E-state index >= 15 is 0 Å². The average molecular weight is 270 g/mol. The van der Waals surface area contributed by atoms with Crippen LogP contribution in [0.1, 0.15) is 24.5 Å². The number of ether oxygens (including phenoxy) is 1. The molecule has 5 heteroatoms. The van der Waals surface area contributed by atoms with Crippen molar-refractivity contribution in [3.05, 3.63) is 28.3 Å². The number of hydrogen-bond donors (Lipinski definition) is 1. The third-order valence-electron chi connectivity index (χ3n) is 2.31. The Kier molecular flexibility index (Phi) is 5.16. The van der Waals surface area contributed by atoms with Gasteiger partial charge in [0, 0.05) is 0 Å². The highest BCUT2D eigenvalue weighted by Gasteiger charge is 2.13. The molecule has 0 aliphatic carbocycles. The predicted octanol–water partition coefficient (Wildman–Crippen LogP) is 2.85. The molecule has 0 aromatic heterocycles. The molecule has 0 aliphatic heterocycles. The summed E-state index contributed by atoms with van der Waals surface area (Å²) in [5.74, 6) is -0.974. The lowest BCUT2D eigenvalue weighted by atomic mass is 10.1. The second-order valence-corrected chi connectivity index (χ2v) is 4.38. The molecule has 4 nitrogen and oxygen atoms in total. The van der Waals surface area contributed by atoms with Gasteiger partial charge >= 0.3 is 5.97 Å². The summed E-state index contributed by atoms with van der Waals surface area (Å²) in [4.78, 5) is 22.8. The van der Waals surface area contributed by atoms with E-state index in [1.807, 2.05) is 19.9 Å². The molecule has 0 spiro atoms. The molecule has 1 N–H and O–H groups in total. The molecule has 1 amide bonds. The SMILES string of the molecule is CCOC(=O)CC(=O)Nc1c(C)cc(C)cc1Cl. The number of halogens is 1. The zero-order valence-corrected chi connectivity index (χ0v) is 11.4. The van der Waals surface area contributed by atoms with Crippen LogP contribution in [0.3, 0.4) is 0 Å². The first-order valence-corrected chi connectivity index (χ1v) is 6.04. The van der Waals surface area contributed by atoms with Gasteiger partial charge < -0.3 is 10.1 Å². The molecule has 0 saturated heterocycles. The smallest absolute Gasteiger partial charge is 0.315 e. The molecule has 0 bridgehead atoms. The van der Waals surface area contributed by atoms with E-state index in [9.17, 15) is 9.59 Å². The van der Waals surface area contributed by atoms with E-state index < -0.39 is 11.9 Å². The summed E-state index contributed by atoms with van der Waals surface area (Å²) >= 11 is 6.05. The molecule has 1 rings (SSSR count). The van der Waals surface area contributed by atoms with E-state index in [0.29, 0.717) is 10.7 Å². The van der Waals surface area contributed by atoms with Gasteiger partial charge in [0.05, 0.1) is 17.3 Å². The molecule has 1 aromatic rings. The maximum atomic E-state index is 11.6. The monoisotopic (exact) mass is 269 g/mol. The summed E-state index contributed by atoms with van der Waals surface area (Å²) in [6.07, 6.45) is -0.308. The normalized spacial score (nSPS) is 10.0. The van der Waals surface area contributed by atoms with Gasteiger partial charge in [0.1, 0.15) is 6.42 Å². The standard InChI is InChI=1S/C13H16ClNO3/c1-4-18-12(17)7-11(16)15-13-9(3)5-8(2)6-10(13)14/h5-6H,4,7H2,1-3H3,(H,15,16). The van der Waals surface area contributed by atoms with Crippen LogP contribution in [0.2, 0.25) is 5.02 Å². The van der Waals surface area contributed by atoms with E-state index in [0.717, 1.165) is 11.1 Å². The van der Waals surface area contributed by atoms with Crippen molar-refractivity contribution in [2.75, 3.05) is 11.9 Å². The van der Waals surface area contributed by atoms with Crippen molar-refractivity contribution in [3.63, 3.8) is 0 Å². The highest BCUT2D eigenvalue weighted by Crippen LogP contribution is 2.27. The number of anilines is 1. The topological polar surface area (TPSA) is 55.4 Å². The molecule has 0 fully saturated rings. The summed E-state index contributed by atoms with van der Waals surface area (Å²) in [5.41, 5.74) is 2.41. The molecule has 98 valence electrons. The minimum atomic E-state index is -0.545. The first-order valence-electron chi connectivity index (χ1n) is 5.66. The van der Waals surface area contributed by atoms with Gasteiger partial charge in [0.25, 0.3) is 0 Å². The van der Waals surface area contributed by atoms with Crippen molar-refractivity contribution in [2.45, 2.75) is 27.2 Å². The lowest BCUT2D eigenvalue weighted by Crippen LogP contribution is -2.18. The van der Waals surface area contributed by atoms with Crippen molar-refractivity contribution in [1.29, 1.82) is 0 Å². The number of hydrogen-bond acceptors (Lipinski definition) is 3. The number of nitrogens with one attached hydrogen (secondary N) is 1. The highest BCUT2D eigenvalue weighted by atomic mass is 35.5. The third-order valence-corrected chi connectivity index (χ3v) is 2.60. The van der Waals surface area contributed by atoms with Crippen molar-refractivity contribution in [3.8, 4) is 0 Å². The minimum Gasteiger partial charge on any atom is -0.466 e. The number of aryl methyl sites for hydroxylation is 2. The fourth-order valence-corrected chi connectivity index (χ4v) is 1.97. The van der Waals surface area contributed by atoms with E-state index in [4.69, 9.17) is 16.3 Å². The number of esters is 1. The molecule has 0 unspecified atom stereocenters. The van der Waals surface area contributed by atoms with Gasteiger partial charge in [-0.2, -0.15) is 0 Å².